The number of anilines is 1. The smallest absolute Gasteiger partial charge is 0.121 e. The molecule has 2 N–H and O–H groups in total. The molecule has 2 rings (SSSR count). The molecule has 0 amide bonds. The van der Waals surface area contributed by atoms with Gasteiger partial charge in [-0.2, -0.15) is 0 Å². The quantitative estimate of drug-likeness (QED) is 0.859. The van der Waals surface area contributed by atoms with Gasteiger partial charge in [-0.3, -0.25) is 0 Å². The molecule has 0 aliphatic heterocycles. The van der Waals surface area contributed by atoms with E-state index in [1.54, 1.807) is 0 Å². The Balaban J connectivity index is 2.17. The molecule has 0 aliphatic rings. The van der Waals surface area contributed by atoms with Crippen molar-refractivity contribution < 1.29 is 5.11 Å². The Labute approximate surface area is 119 Å². The van der Waals surface area contributed by atoms with Crippen molar-refractivity contribution in [2.75, 3.05) is 5.32 Å². The third-order valence-corrected chi connectivity index (χ3v) is 3.71. The van der Waals surface area contributed by atoms with Crippen LogP contribution in [0, 0.1) is 20.8 Å². The summed E-state index contributed by atoms with van der Waals surface area (Å²) >= 11 is 6.09. The SMILES string of the molecule is Cc1cc(CNc2cccc(Cl)c2C)cc(C)c1O. The molecule has 0 bridgehead atoms. The normalized spacial score (nSPS) is 10.5. The van der Waals surface area contributed by atoms with E-state index in [1.807, 2.05) is 51.1 Å². The Bertz CT molecular complexity index is 585. The number of nitrogens with one attached hydrogen (secondary N) is 1. The Morgan fingerprint density at radius 2 is 1.74 bits per heavy atom. The largest absolute Gasteiger partial charge is 0.507 e. The van der Waals surface area contributed by atoms with E-state index in [4.69, 9.17) is 11.6 Å². The first-order valence-electron chi connectivity index (χ1n) is 6.27. The minimum Gasteiger partial charge on any atom is -0.507 e. The highest BCUT2D eigenvalue weighted by Crippen LogP contribution is 2.25. The van der Waals surface area contributed by atoms with Crippen molar-refractivity contribution in [3.63, 3.8) is 0 Å². The lowest BCUT2D eigenvalue weighted by molar-refractivity contribution is 0.466. The van der Waals surface area contributed by atoms with Gasteiger partial charge in [0, 0.05) is 17.3 Å². The number of hydrogen-bond acceptors (Lipinski definition) is 2. The predicted octanol–water partition coefficient (Wildman–Crippen LogP) is 4.58. The van der Waals surface area contributed by atoms with Gasteiger partial charge in [-0.25, -0.2) is 0 Å². The van der Waals surface area contributed by atoms with Crippen LogP contribution >= 0.6 is 11.6 Å². The number of phenolic OH excluding ortho intramolecular Hbond substituents is 1. The first-order chi connectivity index (χ1) is 8.99. The van der Waals surface area contributed by atoms with Crippen molar-refractivity contribution in [3.8, 4) is 5.75 Å². The second kappa shape index (κ2) is 5.54. The highest BCUT2D eigenvalue weighted by atomic mass is 35.5. The Morgan fingerprint density at radius 1 is 1.11 bits per heavy atom. The summed E-state index contributed by atoms with van der Waals surface area (Å²) in [4.78, 5) is 0. The van der Waals surface area contributed by atoms with Crippen LogP contribution in [0.1, 0.15) is 22.3 Å². The van der Waals surface area contributed by atoms with Gasteiger partial charge in [-0.1, -0.05) is 29.8 Å². The number of halogens is 1. The van der Waals surface area contributed by atoms with Crippen molar-refractivity contribution in [1.29, 1.82) is 0 Å². The molecule has 19 heavy (non-hydrogen) atoms. The molecular formula is C16H18ClNO. The van der Waals surface area contributed by atoms with E-state index >= 15 is 0 Å². The summed E-state index contributed by atoms with van der Waals surface area (Å²) in [5.41, 5.74) is 5.04. The number of rotatable bonds is 3. The van der Waals surface area contributed by atoms with E-state index in [0.717, 1.165) is 33.0 Å². The third kappa shape index (κ3) is 3.02. The van der Waals surface area contributed by atoms with Crippen LogP contribution in [-0.2, 0) is 6.54 Å². The lowest BCUT2D eigenvalue weighted by Crippen LogP contribution is -2.02. The first-order valence-corrected chi connectivity index (χ1v) is 6.65. The first kappa shape index (κ1) is 13.8. The molecule has 0 aliphatic carbocycles. The van der Waals surface area contributed by atoms with Crippen LogP contribution in [0.2, 0.25) is 5.02 Å². The molecule has 2 nitrogen and oxygen atoms in total. The number of aryl methyl sites for hydroxylation is 2. The van der Waals surface area contributed by atoms with Gasteiger partial charge in [0.1, 0.15) is 5.75 Å². The van der Waals surface area contributed by atoms with Crippen molar-refractivity contribution in [2.24, 2.45) is 0 Å². The van der Waals surface area contributed by atoms with Gasteiger partial charge >= 0.3 is 0 Å². The molecule has 0 atom stereocenters. The summed E-state index contributed by atoms with van der Waals surface area (Å²) < 4.78 is 0. The van der Waals surface area contributed by atoms with E-state index in [0.29, 0.717) is 12.3 Å². The fourth-order valence-electron chi connectivity index (χ4n) is 2.14. The number of benzene rings is 2. The summed E-state index contributed by atoms with van der Waals surface area (Å²) in [6.07, 6.45) is 0. The molecule has 0 heterocycles. The standard InChI is InChI=1S/C16H18ClNO/c1-10-7-13(8-11(2)16(10)19)9-18-15-6-4-5-14(17)12(15)3/h4-8,18-19H,9H2,1-3H3. The van der Waals surface area contributed by atoms with Gasteiger partial charge in [0.2, 0.25) is 0 Å². The second-order valence-corrected chi connectivity index (χ2v) is 5.25. The molecule has 0 radical (unpaired) electrons. The molecule has 0 unspecified atom stereocenters. The number of aromatic hydroxyl groups is 1. The maximum atomic E-state index is 9.76. The van der Waals surface area contributed by atoms with E-state index < -0.39 is 0 Å². The zero-order valence-electron chi connectivity index (χ0n) is 11.4. The highest BCUT2D eigenvalue weighted by molar-refractivity contribution is 6.31. The molecule has 3 heteroatoms. The van der Waals surface area contributed by atoms with E-state index in [-0.39, 0.29) is 0 Å². The van der Waals surface area contributed by atoms with Crippen LogP contribution in [0.15, 0.2) is 30.3 Å². The Kier molecular flexibility index (Phi) is 4.01. The van der Waals surface area contributed by atoms with Gasteiger partial charge in [0.05, 0.1) is 0 Å². The molecule has 2 aromatic rings. The van der Waals surface area contributed by atoms with Gasteiger partial charge < -0.3 is 10.4 Å². The third-order valence-electron chi connectivity index (χ3n) is 3.30. The van der Waals surface area contributed by atoms with Crippen LogP contribution in [0.3, 0.4) is 0 Å². The fourth-order valence-corrected chi connectivity index (χ4v) is 2.32. The molecule has 0 saturated heterocycles. The molecular weight excluding hydrogens is 258 g/mol. The molecule has 2 aromatic carbocycles. The second-order valence-electron chi connectivity index (χ2n) is 4.84. The molecule has 0 aromatic heterocycles. The average molecular weight is 276 g/mol. The summed E-state index contributed by atoms with van der Waals surface area (Å²) in [7, 11) is 0. The fraction of sp³-hybridized carbons (Fsp3) is 0.250. The van der Waals surface area contributed by atoms with Gasteiger partial charge in [-0.15, -0.1) is 0 Å². The summed E-state index contributed by atoms with van der Waals surface area (Å²) in [6, 6.07) is 9.83. The lowest BCUT2D eigenvalue weighted by Gasteiger charge is -2.12. The van der Waals surface area contributed by atoms with Crippen LogP contribution in [-0.4, -0.2) is 5.11 Å². The maximum absolute atomic E-state index is 9.76. The lowest BCUT2D eigenvalue weighted by atomic mass is 10.1. The summed E-state index contributed by atoms with van der Waals surface area (Å²) in [5, 5.41) is 13.9. The van der Waals surface area contributed by atoms with Crippen LogP contribution in [0.25, 0.3) is 0 Å². The van der Waals surface area contributed by atoms with Crippen molar-refractivity contribution >= 4 is 17.3 Å². The molecule has 0 spiro atoms. The number of phenols is 1. The van der Waals surface area contributed by atoms with Crippen molar-refractivity contribution in [2.45, 2.75) is 27.3 Å². The minimum absolute atomic E-state index is 0.377. The van der Waals surface area contributed by atoms with Crippen LogP contribution < -0.4 is 5.32 Å². The Hall–Kier alpha value is -1.67. The van der Waals surface area contributed by atoms with Crippen LogP contribution in [0.5, 0.6) is 5.75 Å². The topological polar surface area (TPSA) is 32.3 Å². The van der Waals surface area contributed by atoms with E-state index in [1.165, 1.54) is 0 Å². The maximum Gasteiger partial charge on any atom is 0.121 e. The Morgan fingerprint density at radius 3 is 2.37 bits per heavy atom. The monoisotopic (exact) mass is 275 g/mol. The van der Waals surface area contributed by atoms with Crippen molar-refractivity contribution in [3.05, 3.63) is 57.6 Å². The minimum atomic E-state index is 0.377. The molecule has 100 valence electrons. The highest BCUT2D eigenvalue weighted by Gasteiger charge is 2.05. The molecule has 0 fully saturated rings. The molecule has 0 saturated carbocycles. The van der Waals surface area contributed by atoms with E-state index in [9.17, 15) is 5.11 Å². The average Bonchev–Trinajstić information content (AvgIpc) is 2.37. The van der Waals surface area contributed by atoms with Crippen LogP contribution in [0.4, 0.5) is 5.69 Å². The predicted molar refractivity (Wildman–Crippen MR) is 81.1 cm³/mol. The summed E-state index contributed by atoms with van der Waals surface area (Å²) in [5.74, 6) is 0.377. The van der Waals surface area contributed by atoms with E-state index in [2.05, 4.69) is 5.32 Å². The van der Waals surface area contributed by atoms with Gasteiger partial charge in [-0.05, 0) is 55.2 Å². The van der Waals surface area contributed by atoms with Crippen molar-refractivity contribution in [1.82, 2.24) is 0 Å². The zero-order chi connectivity index (χ0) is 14.0. The van der Waals surface area contributed by atoms with Gasteiger partial charge in [0.25, 0.3) is 0 Å². The summed E-state index contributed by atoms with van der Waals surface area (Å²) in [6.45, 7) is 6.54. The zero-order valence-corrected chi connectivity index (χ0v) is 12.2. The van der Waals surface area contributed by atoms with Gasteiger partial charge in [0.15, 0.2) is 0 Å². The number of hydrogen-bond donors (Lipinski definition) is 2.